The minimum atomic E-state index is -0.938. The molecule has 1 saturated heterocycles. The molecule has 1 heterocycles. The first-order chi connectivity index (χ1) is 16.6. The summed E-state index contributed by atoms with van der Waals surface area (Å²) in [5.41, 5.74) is 2.40. The van der Waals surface area contributed by atoms with Crippen molar-refractivity contribution in [1.82, 2.24) is 0 Å². The van der Waals surface area contributed by atoms with Gasteiger partial charge in [0.1, 0.15) is 5.75 Å². The molecule has 0 N–H and O–H groups in total. The minimum absolute atomic E-state index is 0.246. The third kappa shape index (κ3) is 8.82. The van der Waals surface area contributed by atoms with Gasteiger partial charge in [-0.05, 0) is 62.1 Å². The highest BCUT2D eigenvalue weighted by atomic mass is 16.6. The van der Waals surface area contributed by atoms with Crippen molar-refractivity contribution in [3.63, 3.8) is 0 Å². The van der Waals surface area contributed by atoms with Crippen LogP contribution >= 0.6 is 0 Å². The fraction of sp³-hybridized carbons (Fsp3) is 0.500. The number of carbonyl (C=O) groups is 2. The molecule has 0 radical (unpaired) electrons. The summed E-state index contributed by atoms with van der Waals surface area (Å²) in [7, 11) is 0. The number of ether oxygens (including phenoxy) is 4. The first-order valence-electron chi connectivity index (χ1n) is 12.4. The molecular weight excluding hydrogens is 432 g/mol. The van der Waals surface area contributed by atoms with Crippen molar-refractivity contribution in [2.75, 3.05) is 19.8 Å². The highest BCUT2D eigenvalue weighted by Gasteiger charge is 2.21. The highest BCUT2D eigenvalue weighted by molar-refractivity contribution is 5.92. The van der Waals surface area contributed by atoms with E-state index in [0.29, 0.717) is 11.7 Å². The van der Waals surface area contributed by atoms with Gasteiger partial charge in [0.05, 0.1) is 31.5 Å². The Balaban J connectivity index is 1.35. The van der Waals surface area contributed by atoms with Gasteiger partial charge in [0, 0.05) is 0 Å². The van der Waals surface area contributed by atoms with Crippen molar-refractivity contribution < 1.29 is 28.5 Å². The molecule has 0 aromatic heterocycles. The second-order valence-corrected chi connectivity index (χ2v) is 8.62. The molecule has 2 atom stereocenters. The third-order valence-electron chi connectivity index (χ3n) is 5.80. The number of hydrogen-bond acceptors (Lipinski definition) is 6. The van der Waals surface area contributed by atoms with Crippen LogP contribution in [0.15, 0.2) is 48.5 Å². The Bertz CT molecular complexity index is 886. The van der Waals surface area contributed by atoms with Crippen LogP contribution in [-0.4, -0.2) is 44.0 Å². The van der Waals surface area contributed by atoms with Gasteiger partial charge < -0.3 is 18.9 Å². The zero-order chi connectivity index (χ0) is 24.2. The second-order valence-electron chi connectivity index (χ2n) is 8.62. The van der Waals surface area contributed by atoms with Gasteiger partial charge in [-0.2, -0.15) is 0 Å². The number of benzene rings is 2. The van der Waals surface area contributed by atoms with E-state index in [1.165, 1.54) is 45.4 Å². The van der Waals surface area contributed by atoms with E-state index in [4.69, 9.17) is 18.9 Å². The monoisotopic (exact) mass is 468 g/mol. The molecular formula is C28H36O6. The summed E-state index contributed by atoms with van der Waals surface area (Å²) in [6.45, 7) is 5.16. The molecule has 2 unspecified atom stereocenters. The fourth-order valence-corrected chi connectivity index (χ4v) is 3.68. The number of esters is 2. The second kappa shape index (κ2) is 13.8. The Kier molecular flexibility index (Phi) is 10.4. The number of rotatable bonds is 15. The average Bonchev–Trinajstić information content (AvgIpc) is 3.68. The van der Waals surface area contributed by atoms with E-state index in [1.807, 2.05) is 36.4 Å². The smallest absolute Gasteiger partial charge is 0.347 e. The van der Waals surface area contributed by atoms with Crippen molar-refractivity contribution >= 4 is 11.9 Å². The number of unbranched alkanes of at least 4 members (excludes halogenated alkanes) is 5. The number of hydrogen-bond donors (Lipinski definition) is 0. The summed E-state index contributed by atoms with van der Waals surface area (Å²) in [4.78, 5) is 23.9. The fourth-order valence-electron chi connectivity index (χ4n) is 3.68. The van der Waals surface area contributed by atoms with Crippen LogP contribution in [0, 0.1) is 0 Å². The van der Waals surface area contributed by atoms with Crippen LogP contribution < -0.4 is 4.74 Å². The minimum Gasteiger partial charge on any atom is -0.494 e. The normalized spacial score (nSPS) is 15.4. The molecule has 2 aromatic carbocycles. The van der Waals surface area contributed by atoms with Crippen molar-refractivity contribution in [2.45, 2.75) is 71.0 Å². The van der Waals surface area contributed by atoms with Crippen molar-refractivity contribution in [1.29, 1.82) is 0 Å². The van der Waals surface area contributed by atoms with E-state index in [0.717, 1.165) is 36.5 Å². The standard InChI is InChI=1S/C28H36O6/c1-3-31-27(29)21(2)34-28(30)24-13-11-22(12-14-24)23-15-17-25(18-16-23)32-19-9-7-5-4-6-8-10-26-20-33-26/h11-18,21,26H,3-10,19-20H2,1-2H3. The summed E-state index contributed by atoms with van der Waals surface area (Å²) in [5, 5.41) is 0. The Morgan fingerprint density at radius 1 is 0.912 bits per heavy atom. The van der Waals surface area contributed by atoms with Crippen molar-refractivity contribution in [2.24, 2.45) is 0 Å². The topological polar surface area (TPSA) is 74.4 Å². The van der Waals surface area contributed by atoms with E-state index in [9.17, 15) is 9.59 Å². The lowest BCUT2D eigenvalue weighted by atomic mass is 10.0. The van der Waals surface area contributed by atoms with Gasteiger partial charge in [-0.15, -0.1) is 0 Å². The van der Waals surface area contributed by atoms with Crippen molar-refractivity contribution in [3.8, 4) is 16.9 Å². The molecule has 3 rings (SSSR count). The van der Waals surface area contributed by atoms with Gasteiger partial charge >= 0.3 is 11.9 Å². The summed E-state index contributed by atoms with van der Waals surface area (Å²) < 4.78 is 21.1. The lowest BCUT2D eigenvalue weighted by Crippen LogP contribution is -2.26. The van der Waals surface area contributed by atoms with Gasteiger partial charge in [0.25, 0.3) is 0 Å². The molecule has 2 aromatic rings. The highest BCUT2D eigenvalue weighted by Crippen LogP contribution is 2.23. The number of carbonyl (C=O) groups excluding carboxylic acids is 2. The van der Waals surface area contributed by atoms with Crippen LogP contribution in [0.25, 0.3) is 11.1 Å². The molecule has 6 nitrogen and oxygen atoms in total. The quantitative estimate of drug-likeness (QED) is 0.182. The summed E-state index contributed by atoms with van der Waals surface area (Å²) in [6.07, 6.45) is 8.27. The molecule has 0 bridgehead atoms. The van der Waals surface area contributed by atoms with Gasteiger partial charge in [-0.3, -0.25) is 0 Å². The average molecular weight is 469 g/mol. The zero-order valence-corrected chi connectivity index (χ0v) is 20.3. The predicted octanol–water partition coefficient (Wildman–Crippen LogP) is 5.97. The van der Waals surface area contributed by atoms with E-state index in [1.54, 1.807) is 19.1 Å². The molecule has 0 spiro atoms. The Morgan fingerprint density at radius 3 is 2.12 bits per heavy atom. The van der Waals surface area contributed by atoms with E-state index < -0.39 is 18.0 Å². The van der Waals surface area contributed by atoms with Crippen LogP contribution in [0.2, 0.25) is 0 Å². The first kappa shape index (κ1) is 25.8. The molecule has 0 amide bonds. The lowest BCUT2D eigenvalue weighted by molar-refractivity contribution is -0.152. The van der Waals surface area contributed by atoms with E-state index in [-0.39, 0.29) is 6.61 Å². The van der Waals surface area contributed by atoms with Gasteiger partial charge in [-0.1, -0.05) is 56.4 Å². The Morgan fingerprint density at radius 2 is 1.50 bits per heavy atom. The molecule has 34 heavy (non-hydrogen) atoms. The first-order valence-corrected chi connectivity index (χ1v) is 12.4. The van der Waals surface area contributed by atoms with Crippen LogP contribution in [-0.2, 0) is 19.0 Å². The van der Waals surface area contributed by atoms with Crippen LogP contribution in [0.1, 0.15) is 69.2 Å². The molecule has 0 aliphatic carbocycles. The lowest BCUT2D eigenvalue weighted by Gasteiger charge is -2.12. The molecule has 1 fully saturated rings. The molecule has 1 aliphatic rings. The van der Waals surface area contributed by atoms with Crippen LogP contribution in [0.4, 0.5) is 0 Å². The van der Waals surface area contributed by atoms with E-state index in [2.05, 4.69) is 0 Å². The largest absolute Gasteiger partial charge is 0.494 e. The molecule has 6 heteroatoms. The SMILES string of the molecule is CCOC(=O)C(C)OC(=O)c1ccc(-c2ccc(OCCCCCCCCC3CO3)cc2)cc1. The summed E-state index contributed by atoms with van der Waals surface area (Å²) >= 11 is 0. The maximum atomic E-state index is 12.2. The van der Waals surface area contributed by atoms with Gasteiger partial charge in [0.15, 0.2) is 6.10 Å². The predicted molar refractivity (Wildman–Crippen MR) is 131 cm³/mol. The summed E-state index contributed by atoms with van der Waals surface area (Å²) in [6, 6.07) is 15.1. The number of epoxide rings is 1. The Hall–Kier alpha value is -2.86. The van der Waals surface area contributed by atoms with E-state index >= 15 is 0 Å². The molecule has 0 saturated carbocycles. The third-order valence-corrected chi connectivity index (χ3v) is 5.80. The van der Waals surface area contributed by atoms with Gasteiger partial charge in [-0.25, -0.2) is 9.59 Å². The maximum Gasteiger partial charge on any atom is 0.347 e. The Labute approximate surface area is 202 Å². The van der Waals surface area contributed by atoms with Crippen LogP contribution in [0.5, 0.6) is 5.75 Å². The molecule has 1 aliphatic heterocycles. The van der Waals surface area contributed by atoms with Crippen molar-refractivity contribution in [3.05, 3.63) is 54.1 Å². The van der Waals surface area contributed by atoms with Gasteiger partial charge in [0.2, 0.25) is 0 Å². The summed E-state index contributed by atoms with van der Waals surface area (Å²) in [5.74, 6) is -0.241. The van der Waals surface area contributed by atoms with Crippen LogP contribution in [0.3, 0.4) is 0 Å². The maximum absolute atomic E-state index is 12.2. The molecule has 184 valence electrons. The zero-order valence-electron chi connectivity index (χ0n) is 20.3.